The van der Waals surface area contributed by atoms with E-state index < -0.39 is 0 Å². The summed E-state index contributed by atoms with van der Waals surface area (Å²) in [7, 11) is 0. The Morgan fingerprint density at radius 3 is 1.36 bits per heavy atom. The van der Waals surface area contributed by atoms with Gasteiger partial charge in [-0.05, 0) is 202 Å². The van der Waals surface area contributed by atoms with Gasteiger partial charge in [0.25, 0.3) is 6.71 Å². The fraction of sp³-hybridized carbons (Fsp3) is 0.314. The third-order valence-electron chi connectivity index (χ3n) is 17.3. The molecule has 0 aromatic heterocycles. The summed E-state index contributed by atoms with van der Waals surface area (Å²) < 4.78 is 0. The normalized spacial score (nSPS) is 15.3. The van der Waals surface area contributed by atoms with Crippen molar-refractivity contribution in [3.63, 3.8) is 0 Å². The van der Waals surface area contributed by atoms with Crippen molar-refractivity contribution in [2.75, 3.05) is 14.7 Å². The van der Waals surface area contributed by atoms with Crippen LogP contribution in [0.2, 0.25) is 0 Å². The van der Waals surface area contributed by atoms with E-state index in [2.05, 4.69) is 271 Å². The molecule has 0 amide bonds. The lowest BCUT2D eigenvalue weighted by atomic mass is 9.33. The van der Waals surface area contributed by atoms with Crippen LogP contribution in [0.5, 0.6) is 0 Å². The van der Waals surface area contributed by atoms with Gasteiger partial charge in [-0.1, -0.05) is 172 Å². The topological polar surface area (TPSA) is 9.72 Å². The van der Waals surface area contributed by atoms with Gasteiger partial charge >= 0.3 is 0 Å². The average Bonchev–Trinajstić information content (AvgIpc) is 3.34. The quantitative estimate of drug-likeness (QED) is 0.154. The van der Waals surface area contributed by atoms with Crippen molar-refractivity contribution in [2.45, 2.75) is 145 Å². The number of fused-ring (bicyclic) bond motifs is 5. The highest BCUT2D eigenvalue weighted by Crippen LogP contribution is 2.53. The zero-order valence-corrected chi connectivity index (χ0v) is 47.2. The second kappa shape index (κ2) is 17.4. The van der Waals surface area contributed by atoms with Gasteiger partial charge in [-0.15, -0.1) is 0 Å². The highest BCUT2D eigenvalue weighted by atomic mass is 15.2. The van der Waals surface area contributed by atoms with E-state index >= 15 is 0 Å². The van der Waals surface area contributed by atoms with Crippen molar-refractivity contribution in [1.82, 2.24) is 0 Å². The van der Waals surface area contributed by atoms with Gasteiger partial charge in [0.05, 0.1) is 17.1 Å². The molecule has 3 aliphatic rings. The predicted molar refractivity (Wildman–Crippen MR) is 322 cm³/mol. The molecule has 0 radical (unpaired) electrons. The van der Waals surface area contributed by atoms with Crippen LogP contribution >= 0.6 is 0 Å². The van der Waals surface area contributed by atoms with Crippen molar-refractivity contribution in [3.05, 3.63) is 201 Å². The Labute approximate surface area is 444 Å². The van der Waals surface area contributed by atoms with Crippen LogP contribution in [0.4, 0.5) is 51.2 Å². The fourth-order valence-electron chi connectivity index (χ4n) is 13.0. The van der Waals surface area contributed by atoms with E-state index in [-0.39, 0.29) is 28.4 Å². The summed E-state index contributed by atoms with van der Waals surface area (Å²) >= 11 is 0. The highest BCUT2D eigenvalue weighted by Gasteiger charge is 2.48. The molecule has 1 aliphatic carbocycles. The molecule has 2 aliphatic heterocycles. The summed E-state index contributed by atoms with van der Waals surface area (Å²) in [6.07, 6.45) is 2.32. The monoisotopic (exact) mass is 970 g/mol. The van der Waals surface area contributed by atoms with E-state index in [0.29, 0.717) is 0 Å². The summed E-state index contributed by atoms with van der Waals surface area (Å²) in [5.41, 5.74) is 30.8. The zero-order valence-electron chi connectivity index (χ0n) is 47.2. The van der Waals surface area contributed by atoms with Gasteiger partial charge < -0.3 is 14.7 Å². The van der Waals surface area contributed by atoms with Crippen LogP contribution in [0, 0.1) is 41.5 Å². The molecular formula is C70H76BN3. The van der Waals surface area contributed by atoms with Gasteiger partial charge in [0.2, 0.25) is 0 Å². The number of nitrogens with zero attached hydrogens (tertiary/aromatic N) is 3. The SMILES string of the molecule is Cc1cc(C(C)(C)C)cc(C)c1N(c1ccc(-c2ccccc2)cc1)c1ccc2c(c1)N(c1c(C)cccc1C)c1cc(C(C)(C)C)cc3c1B2c1cc2c(cc1N3c1c(C)cccc1C)C(C)(C)CCC2(C)C. The molecule has 3 nitrogen and oxygen atoms in total. The van der Waals surface area contributed by atoms with Gasteiger partial charge in [0.1, 0.15) is 0 Å². The van der Waals surface area contributed by atoms with Gasteiger partial charge in [0, 0.05) is 34.1 Å². The molecule has 4 heteroatoms. The van der Waals surface area contributed by atoms with E-state index in [1.807, 2.05) is 0 Å². The van der Waals surface area contributed by atoms with Crippen LogP contribution in [0.25, 0.3) is 11.1 Å². The maximum atomic E-state index is 2.69. The molecule has 0 bridgehead atoms. The zero-order chi connectivity index (χ0) is 52.6. The first-order valence-corrected chi connectivity index (χ1v) is 27.3. The lowest BCUT2D eigenvalue weighted by Gasteiger charge is -2.48. The summed E-state index contributed by atoms with van der Waals surface area (Å²) in [6.45, 7) is 37.8. The molecule has 0 fully saturated rings. The second-order valence-electron chi connectivity index (χ2n) is 25.7. The minimum atomic E-state index is -0.138. The molecule has 2 heterocycles. The van der Waals surface area contributed by atoms with Crippen LogP contribution in [-0.2, 0) is 21.7 Å². The van der Waals surface area contributed by atoms with Crippen molar-refractivity contribution in [2.24, 2.45) is 0 Å². The van der Waals surface area contributed by atoms with E-state index in [1.165, 1.54) is 123 Å². The summed E-state index contributed by atoms with van der Waals surface area (Å²) in [6, 6.07) is 56.4. The summed E-state index contributed by atoms with van der Waals surface area (Å²) in [5.74, 6) is 0. The molecule has 0 unspecified atom stereocenters. The van der Waals surface area contributed by atoms with E-state index in [0.717, 1.165) is 24.2 Å². The average molecular weight is 970 g/mol. The standard InChI is InChI=1S/C70H76BN3/c1-43-22-20-23-44(2)64(43)73-59-40-54(72(66-47(5)36-51(37-48(66)6)67(7,8)9)53-30-28-50(29-31-53)49-26-18-17-19-27-49)32-33-57(59)71-58-41-55-56(70(15,16)35-34-69(55,13)14)42-60(58)74(65-45(3)24-21-25-46(65)4)62-39-52(68(10,11)12)38-61(73)63(62)71/h17-33,36-42H,34-35H2,1-16H3. The Kier molecular flexibility index (Phi) is 11.6. The Hall–Kier alpha value is -6.78. The second-order valence-corrected chi connectivity index (χ2v) is 25.7. The third-order valence-corrected chi connectivity index (χ3v) is 17.3. The highest BCUT2D eigenvalue weighted by molar-refractivity contribution is 7.00. The Balaban J connectivity index is 1.26. The predicted octanol–water partition coefficient (Wildman–Crippen LogP) is 17.7. The van der Waals surface area contributed by atoms with Gasteiger partial charge in [-0.3, -0.25) is 0 Å². The Morgan fingerprint density at radius 2 is 0.865 bits per heavy atom. The van der Waals surface area contributed by atoms with Crippen molar-refractivity contribution >= 4 is 74.3 Å². The van der Waals surface area contributed by atoms with Crippen LogP contribution in [-0.4, -0.2) is 6.71 Å². The first-order valence-electron chi connectivity index (χ1n) is 27.3. The van der Waals surface area contributed by atoms with Gasteiger partial charge in [-0.2, -0.15) is 0 Å². The molecule has 8 aromatic rings. The summed E-state index contributed by atoms with van der Waals surface area (Å²) in [4.78, 5) is 7.91. The molecule has 0 N–H and O–H groups in total. The largest absolute Gasteiger partial charge is 0.311 e. The first-order chi connectivity index (χ1) is 34.9. The van der Waals surface area contributed by atoms with E-state index in [1.54, 1.807) is 0 Å². The molecule has 8 aromatic carbocycles. The van der Waals surface area contributed by atoms with Crippen molar-refractivity contribution in [1.29, 1.82) is 0 Å². The van der Waals surface area contributed by atoms with Crippen molar-refractivity contribution < 1.29 is 0 Å². The molecule has 0 saturated heterocycles. The van der Waals surface area contributed by atoms with Crippen molar-refractivity contribution in [3.8, 4) is 11.1 Å². The van der Waals surface area contributed by atoms with Gasteiger partial charge in [0.15, 0.2) is 0 Å². The molecule has 0 saturated carbocycles. The number of hydrogen-bond acceptors (Lipinski definition) is 3. The maximum Gasteiger partial charge on any atom is 0.252 e. The third kappa shape index (κ3) is 8.01. The molecule has 0 spiro atoms. The number of rotatable bonds is 6. The number of hydrogen-bond donors (Lipinski definition) is 0. The first kappa shape index (κ1) is 49.4. The number of benzene rings is 8. The molecular weight excluding hydrogens is 894 g/mol. The maximum absolute atomic E-state index is 2.69. The van der Waals surface area contributed by atoms with Crippen LogP contribution < -0.4 is 31.1 Å². The fourth-order valence-corrected chi connectivity index (χ4v) is 13.0. The van der Waals surface area contributed by atoms with Gasteiger partial charge in [-0.25, -0.2) is 0 Å². The van der Waals surface area contributed by atoms with Crippen LogP contribution in [0.15, 0.2) is 146 Å². The lowest BCUT2D eigenvalue weighted by molar-refractivity contribution is 0.332. The van der Waals surface area contributed by atoms with E-state index in [4.69, 9.17) is 0 Å². The van der Waals surface area contributed by atoms with Crippen LogP contribution in [0.3, 0.4) is 0 Å². The number of aryl methyl sites for hydroxylation is 6. The minimum absolute atomic E-state index is 0.0140. The van der Waals surface area contributed by atoms with Crippen LogP contribution in [0.1, 0.15) is 138 Å². The Bertz CT molecular complexity index is 3480. The number of anilines is 9. The smallest absolute Gasteiger partial charge is 0.252 e. The minimum Gasteiger partial charge on any atom is -0.311 e. The van der Waals surface area contributed by atoms with E-state index in [9.17, 15) is 0 Å². The number of para-hydroxylation sites is 2. The summed E-state index contributed by atoms with van der Waals surface area (Å²) in [5, 5.41) is 0. The molecule has 0 atom stereocenters. The molecule has 374 valence electrons. The molecule has 74 heavy (non-hydrogen) atoms. The Morgan fingerprint density at radius 1 is 0.419 bits per heavy atom. The lowest BCUT2D eigenvalue weighted by Crippen LogP contribution is -2.62. The molecule has 11 rings (SSSR count).